The quantitative estimate of drug-likeness (QED) is 0.856. The Hall–Kier alpha value is -0.870. The highest BCUT2D eigenvalue weighted by Gasteiger charge is 2.43. The molecule has 0 spiro atoms. The maximum atomic E-state index is 10.3. The van der Waals surface area contributed by atoms with Crippen LogP contribution in [-0.2, 0) is 18.2 Å². The van der Waals surface area contributed by atoms with Gasteiger partial charge in [0.25, 0.3) is 0 Å². The van der Waals surface area contributed by atoms with Gasteiger partial charge in [0, 0.05) is 24.9 Å². The number of hydrogen-bond donors (Lipinski definition) is 1. The van der Waals surface area contributed by atoms with Gasteiger partial charge >= 0.3 is 0 Å². The predicted molar refractivity (Wildman–Crippen MR) is 63.5 cm³/mol. The Bertz CT molecular complexity index is 391. The van der Waals surface area contributed by atoms with Crippen LogP contribution in [0.1, 0.15) is 31.4 Å². The van der Waals surface area contributed by atoms with E-state index in [1.165, 1.54) is 12.1 Å². The van der Waals surface area contributed by atoms with Crippen molar-refractivity contribution in [3.8, 4) is 0 Å². The SMILES string of the molecule is Cn1nccc1CCC(O)C1CC2CCC1O2. The van der Waals surface area contributed by atoms with E-state index >= 15 is 0 Å². The molecule has 3 heterocycles. The van der Waals surface area contributed by atoms with E-state index in [1.54, 1.807) is 0 Å². The van der Waals surface area contributed by atoms with Gasteiger partial charge in [-0.2, -0.15) is 5.10 Å². The van der Waals surface area contributed by atoms with E-state index in [9.17, 15) is 5.11 Å². The Morgan fingerprint density at radius 1 is 1.59 bits per heavy atom. The molecule has 0 amide bonds. The van der Waals surface area contributed by atoms with Crippen molar-refractivity contribution in [2.45, 2.75) is 50.4 Å². The van der Waals surface area contributed by atoms with Gasteiger partial charge in [-0.3, -0.25) is 4.68 Å². The Kier molecular flexibility index (Phi) is 2.92. The van der Waals surface area contributed by atoms with Crippen LogP contribution in [-0.4, -0.2) is 33.2 Å². The Labute approximate surface area is 102 Å². The van der Waals surface area contributed by atoms with Crippen molar-refractivity contribution in [3.05, 3.63) is 18.0 Å². The molecule has 17 heavy (non-hydrogen) atoms. The lowest BCUT2D eigenvalue weighted by atomic mass is 9.83. The molecule has 4 heteroatoms. The van der Waals surface area contributed by atoms with Gasteiger partial charge in [-0.1, -0.05) is 0 Å². The second-order valence-electron chi connectivity index (χ2n) is 5.33. The molecule has 2 bridgehead atoms. The molecule has 4 atom stereocenters. The monoisotopic (exact) mass is 236 g/mol. The largest absolute Gasteiger partial charge is 0.393 e. The fraction of sp³-hybridized carbons (Fsp3) is 0.769. The van der Waals surface area contributed by atoms with Gasteiger partial charge < -0.3 is 9.84 Å². The molecule has 2 aliphatic heterocycles. The van der Waals surface area contributed by atoms with Crippen molar-refractivity contribution < 1.29 is 9.84 Å². The first-order valence-corrected chi connectivity index (χ1v) is 6.54. The molecular formula is C13H20N2O2. The van der Waals surface area contributed by atoms with Gasteiger partial charge in [0.05, 0.1) is 18.3 Å². The van der Waals surface area contributed by atoms with E-state index in [0.717, 1.165) is 25.7 Å². The number of hydrogen-bond acceptors (Lipinski definition) is 3. The molecule has 4 nitrogen and oxygen atoms in total. The van der Waals surface area contributed by atoms with Gasteiger partial charge in [-0.25, -0.2) is 0 Å². The summed E-state index contributed by atoms with van der Waals surface area (Å²) in [5.41, 5.74) is 1.19. The summed E-state index contributed by atoms with van der Waals surface area (Å²) in [6, 6.07) is 2.02. The number of rotatable bonds is 4. The Morgan fingerprint density at radius 3 is 3.06 bits per heavy atom. The van der Waals surface area contributed by atoms with Crippen LogP contribution in [0.3, 0.4) is 0 Å². The number of ether oxygens (including phenoxy) is 1. The standard InChI is InChI=1S/C13H20N2O2/c1-15-9(6-7-14-15)2-4-12(16)11-8-10-3-5-13(11)17-10/h6-7,10-13,16H,2-5,8H2,1H3. The summed E-state index contributed by atoms with van der Waals surface area (Å²) >= 11 is 0. The smallest absolute Gasteiger partial charge is 0.0633 e. The molecule has 0 aliphatic carbocycles. The third kappa shape index (κ3) is 2.11. The van der Waals surface area contributed by atoms with Crippen molar-refractivity contribution in [2.75, 3.05) is 0 Å². The number of nitrogens with zero attached hydrogens (tertiary/aromatic N) is 2. The topological polar surface area (TPSA) is 47.3 Å². The average Bonchev–Trinajstić information content (AvgIpc) is 3.01. The van der Waals surface area contributed by atoms with Crippen LogP contribution in [0, 0.1) is 5.92 Å². The normalized spacial score (nSPS) is 33.2. The summed E-state index contributed by atoms with van der Waals surface area (Å²) in [5.74, 6) is 0.363. The molecule has 1 aromatic rings. The third-order valence-corrected chi connectivity index (χ3v) is 4.27. The highest BCUT2D eigenvalue weighted by Crippen LogP contribution is 2.41. The molecule has 2 saturated heterocycles. The van der Waals surface area contributed by atoms with E-state index in [2.05, 4.69) is 5.10 Å². The van der Waals surface area contributed by atoms with Crippen LogP contribution in [0.4, 0.5) is 0 Å². The molecule has 1 N–H and O–H groups in total. The molecule has 2 aliphatic rings. The maximum Gasteiger partial charge on any atom is 0.0633 e. The molecule has 0 saturated carbocycles. The summed E-state index contributed by atoms with van der Waals surface area (Å²) < 4.78 is 7.67. The second kappa shape index (κ2) is 4.42. The highest BCUT2D eigenvalue weighted by atomic mass is 16.5. The highest BCUT2D eigenvalue weighted by molar-refractivity contribution is 5.01. The molecule has 0 radical (unpaired) electrons. The molecule has 4 unspecified atom stereocenters. The van der Waals surface area contributed by atoms with E-state index in [1.807, 2.05) is 24.0 Å². The van der Waals surface area contributed by atoms with Gasteiger partial charge in [0.15, 0.2) is 0 Å². The van der Waals surface area contributed by atoms with Crippen LogP contribution in [0.2, 0.25) is 0 Å². The van der Waals surface area contributed by atoms with Gasteiger partial charge in [-0.15, -0.1) is 0 Å². The van der Waals surface area contributed by atoms with Gasteiger partial charge in [-0.05, 0) is 38.2 Å². The number of aliphatic hydroxyl groups is 1. The van der Waals surface area contributed by atoms with Crippen LogP contribution < -0.4 is 0 Å². The summed E-state index contributed by atoms with van der Waals surface area (Å²) in [6.07, 6.45) is 7.42. The zero-order valence-electron chi connectivity index (χ0n) is 10.2. The molecule has 94 valence electrons. The van der Waals surface area contributed by atoms with Gasteiger partial charge in [0.1, 0.15) is 0 Å². The molecular weight excluding hydrogens is 216 g/mol. The molecule has 3 rings (SSSR count). The summed E-state index contributed by atoms with van der Waals surface area (Å²) in [7, 11) is 1.95. The number of fused-ring (bicyclic) bond motifs is 2. The zero-order chi connectivity index (χ0) is 11.8. The molecule has 2 fully saturated rings. The lowest BCUT2D eigenvalue weighted by Gasteiger charge is -2.24. The van der Waals surface area contributed by atoms with E-state index in [-0.39, 0.29) is 6.10 Å². The van der Waals surface area contributed by atoms with Crippen LogP contribution >= 0.6 is 0 Å². The lowest BCUT2D eigenvalue weighted by Crippen LogP contribution is -2.29. The Morgan fingerprint density at radius 2 is 2.47 bits per heavy atom. The average molecular weight is 236 g/mol. The van der Waals surface area contributed by atoms with Gasteiger partial charge in [0.2, 0.25) is 0 Å². The van der Waals surface area contributed by atoms with E-state index in [4.69, 9.17) is 4.74 Å². The Balaban J connectivity index is 1.54. The van der Waals surface area contributed by atoms with Crippen molar-refractivity contribution >= 4 is 0 Å². The second-order valence-corrected chi connectivity index (χ2v) is 5.33. The molecule has 0 aromatic carbocycles. The molecule has 1 aromatic heterocycles. The number of aryl methyl sites for hydroxylation is 2. The lowest BCUT2D eigenvalue weighted by molar-refractivity contribution is 0.0389. The fourth-order valence-corrected chi connectivity index (χ4v) is 3.24. The van der Waals surface area contributed by atoms with Crippen LogP contribution in [0.15, 0.2) is 12.3 Å². The van der Waals surface area contributed by atoms with Crippen LogP contribution in [0.25, 0.3) is 0 Å². The minimum atomic E-state index is -0.222. The fourth-order valence-electron chi connectivity index (χ4n) is 3.24. The number of aromatic nitrogens is 2. The van der Waals surface area contributed by atoms with Crippen molar-refractivity contribution in [3.63, 3.8) is 0 Å². The minimum Gasteiger partial charge on any atom is -0.393 e. The number of aliphatic hydroxyl groups excluding tert-OH is 1. The van der Waals surface area contributed by atoms with E-state index < -0.39 is 0 Å². The summed E-state index contributed by atoms with van der Waals surface area (Å²) in [6.45, 7) is 0. The van der Waals surface area contributed by atoms with Crippen molar-refractivity contribution in [2.24, 2.45) is 13.0 Å². The predicted octanol–water partition coefficient (Wildman–Crippen LogP) is 1.28. The first-order valence-electron chi connectivity index (χ1n) is 6.54. The minimum absolute atomic E-state index is 0.222. The maximum absolute atomic E-state index is 10.3. The zero-order valence-corrected chi connectivity index (χ0v) is 10.2. The van der Waals surface area contributed by atoms with Crippen molar-refractivity contribution in [1.82, 2.24) is 9.78 Å². The van der Waals surface area contributed by atoms with E-state index in [0.29, 0.717) is 18.1 Å². The first-order chi connectivity index (χ1) is 8.24. The summed E-state index contributed by atoms with van der Waals surface area (Å²) in [5, 5.41) is 14.4. The third-order valence-electron chi connectivity index (χ3n) is 4.27. The van der Waals surface area contributed by atoms with Crippen molar-refractivity contribution in [1.29, 1.82) is 0 Å². The summed E-state index contributed by atoms with van der Waals surface area (Å²) in [4.78, 5) is 0. The first kappa shape index (κ1) is 11.2. The van der Waals surface area contributed by atoms with Crippen LogP contribution in [0.5, 0.6) is 0 Å².